The third-order valence-corrected chi connectivity index (χ3v) is 2.27. The zero-order valence-corrected chi connectivity index (χ0v) is 7.54. The van der Waals surface area contributed by atoms with E-state index in [0.717, 1.165) is 10.8 Å². The fourth-order valence-electron chi connectivity index (χ4n) is 1.60. The Hall–Kier alpha value is -2.30. The van der Waals surface area contributed by atoms with Gasteiger partial charge in [0.15, 0.2) is 11.8 Å². The fraction of sp³-hybridized carbons (Fsp3) is 0. The summed E-state index contributed by atoms with van der Waals surface area (Å²) in [4.78, 5) is 14.9. The van der Waals surface area contributed by atoms with E-state index in [9.17, 15) is 4.79 Å². The summed E-state index contributed by atoms with van der Waals surface area (Å²) < 4.78 is 4.59. The summed E-state index contributed by atoms with van der Waals surface area (Å²) in [5, 5.41) is 8.96. The van der Waals surface area contributed by atoms with Crippen molar-refractivity contribution in [2.45, 2.75) is 0 Å². The summed E-state index contributed by atoms with van der Waals surface area (Å²) in [6, 6.07) is 7.39. The number of pyridine rings is 1. The van der Waals surface area contributed by atoms with Gasteiger partial charge in [-0.05, 0) is 10.3 Å². The van der Waals surface area contributed by atoms with Crippen molar-refractivity contribution in [2.75, 3.05) is 0 Å². The molecule has 2 heterocycles. The summed E-state index contributed by atoms with van der Waals surface area (Å²) >= 11 is 0. The van der Waals surface area contributed by atoms with Crippen LogP contribution in [0.3, 0.4) is 0 Å². The van der Waals surface area contributed by atoms with E-state index < -0.39 is 0 Å². The number of benzene rings is 1. The topological polar surface area (TPSA) is 68.9 Å². The van der Waals surface area contributed by atoms with Crippen LogP contribution in [0.4, 0.5) is 0 Å². The SMILES string of the molecule is O=Cc1nc2nonc2c2ccccc12. The lowest BCUT2D eigenvalue weighted by atomic mass is 10.1. The lowest BCUT2D eigenvalue weighted by Gasteiger charge is -1.98. The number of aldehydes is 1. The first-order valence-electron chi connectivity index (χ1n) is 4.36. The van der Waals surface area contributed by atoms with E-state index in [-0.39, 0.29) is 0 Å². The van der Waals surface area contributed by atoms with Crippen LogP contribution >= 0.6 is 0 Å². The molecule has 5 heteroatoms. The van der Waals surface area contributed by atoms with Crippen LogP contribution in [0, 0.1) is 0 Å². The van der Waals surface area contributed by atoms with E-state index in [0.29, 0.717) is 23.1 Å². The van der Waals surface area contributed by atoms with Crippen molar-refractivity contribution in [1.29, 1.82) is 0 Å². The maximum Gasteiger partial charge on any atom is 0.225 e. The van der Waals surface area contributed by atoms with Crippen LogP contribution in [-0.2, 0) is 0 Å². The van der Waals surface area contributed by atoms with Crippen LogP contribution < -0.4 is 0 Å². The van der Waals surface area contributed by atoms with Crippen LogP contribution in [0.15, 0.2) is 28.9 Å². The van der Waals surface area contributed by atoms with Gasteiger partial charge in [-0.15, -0.1) is 0 Å². The Kier molecular flexibility index (Phi) is 1.53. The Morgan fingerprint density at radius 3 is 2.73 bits per heavy atom. The number of nitrogens with zero attached hydrogens (tertiary/aromatic N) is 3. The van der Waals surface area contributed by atoms with Gasteiger partial charge < -0.3 is 0 Å². The van der Waals surface area contributed by atoms with Crippen LogP contribution in [0.2, 0.25) is 0 Å². The lowest BCUT2D eigenvalue weighted by Crippen LogP contribution is -1.90. The summed E-state index contributed by atoms with van der Waals surface area (Å²) in [7, 11) is 0. The van der Waals surface area contributed by atoms with Crippen molar-refractivity contribution in [2.24, 2.45) is 0 Å². The molecule has 1 aromatic carbocycles. The molecule has 3 aromatic rings. The fourth-order valence-corrected chi connectivity index (χ4v) is 1.60. The molecule has 0 N–H and O–H groups in total. The number of carbonyl (C=O) groups is 1. The molecule has 0 aliphatic heterocycles. The molecule has 15 heavy (non-hydrogen) atoms. The first-order valence-corrected chi connectivity index (χ1v) is 4.36. The molecule has 0 aliphatic carbocycles. The van der Waals surface area contributed by atoms with E-state index in [2.05, 4.69) is 19.9 Å². The van der Waals surface area contributed by atoms with Crippen molar-refractivity contribution in [3.05, 3.63) is 30.0 Å². The molecule has 0 radical (unpaired) electrons. The normalized spacial score (nSPS) is 10.9. The second kappa shape index (κ2) is 2.84. The summed E-state index contributed by atoms with van der Waals surface area (Å²) in [5.41, 5.74) is 1.29. The maximum absolute atomic E-state index is 10.8. The van der Waals surface area contributed by atoms with Crippen LogP contribution in [0.25, 0.3) is 21.9 Å². The summed E-state index contributed by atoms with van der Waals surface area (Å²) in [5.74, 6) is 0. The molecule has 0 aliphatic rings. The Morgan fingerprint density at radius 1 is 1.13 bits per heavy atom. The Bertz CT molecular complexity index is 660. The summed E-state index contributed by atoms with van der Waals surface area (Å²) in [6.45, 7) is 0. The predicted octanol–water partition coefficient (Wildman–Crippen LogP) is 1.58. The largest absolute Gasteiger partial charge is 0.296 e. The zero-order chi connectivity index (χ0) is 10.3. The number of hydrogen-bond donors (Lipinski definition) is 0. The Morgan fingerprint density at radius 2 is 1.93 bits per heavy atom. The van der Waals surface area contributed by atoms with Gasteiger partial charge in [-0.25, -0.2) is 9.61 Å². The van der Waals surface area contributed by atoms with Gasteiger partial charge in [0.2, 0.25) is 5.65 Å². The van der Waals surface area contributed by atoms with E-state index >= 15 is 0 Å². The predicted molar refractivity (Wildman–Crippen MR) is 52.5 cm³/mol. The molecule has 3 rings (SSSR count). The van der Waals surface area contributed by atoms with E-state index in [1.54, 1.807) is 0 Å². The van der Waals surface area contributed by atoms with E-state index in [4.69, 9.17) is 0 Å². The van der Waals surface area contributed by atoms with Crippen LogP contribution in [0.5, 0.6) is 0 Å². The number of hydrogen-bond acceptors (Lipinski definition) is 5. The van der Waals surface area contributed by atoms with Gasteiger partial charge >= 0.3 is 0 Å². The molecule has 2 aromatic heterocycles. The first kappa shape index (κ1) is 8.05. The standard InChI is InChI=1S/C10H5N3O2/c14-5-8-6-3-1-2-4-7(6)9-10(11-8)13-15-12-9/h1-5H. The third kappa shape index (κ3) is 1.03. The highest BCUT2D eigenvalue weighted by Crippen LogP contribution is 2.22. The molecule has 0 saturated carbocycles. The smallest absolute Gasteiger partial charge is 0.225 e. The van der Waals surface area contributed by atoms with Gasteiger partial charge in [-0.1, -0.05) is 24.3 Å². The van der Waals surface area contributed by atoms with Crippen molar-refractivity contribution < 1.29 is 9.42 Å². The van der Waals surface area contributed by atoms with Crippen LogP contribution in [-0.4, -0.2) is 21.6 Å². The molecule has 0 bridgehead atoms. The van der Waals surface area contributed by atoms with E-state index in [1.807, 2.05) is 24.3 Å². The molecule has 0 atom stereocenters. The molecule has 0 amide bonds. The molecule has 0 spiro atoms. The number of fused-ring (bicyclic) bond motifs is 3. The van der Waals surface area contributed by atoms with E-state index in [1.165, 1.54) is 0 Å². The van der Waals surface area contributed by atoms with Gasteiger partial charge in [0.1, 0.15) is 5.69 Å². The summed E-state index contributed by atoms with van der Waals surface area (Å²) in [6.07, 6.45) is 0.705. The average Bonchev–Trinajstić information content (AvgIpc) is 2.76. The maximum atomic E-state index is 10.8. The van der Waals surface area contributed by atoms with Gasteiger partial charge in [-0.3, -0.25) is 4.79 Å². The van der Waals surface area contributed by atoms with Crippen LogP contribution in [0.1, 0.15) is 10.5 Å². The van der Waals surface area contributed by atoms with Gasteiger partial charge in [0, 0.05) is 10.8 Å². The second-order valence-electron chi connectivity index (χ2n) is 3.10. The molecule has 72 valence electrons. The minimum absolute atomic E-state index is 0.355. The highest BCUT2D eigenvalue weighted by molar-refractivity contribution is 6.07. The van der Waals surface area contributed by atoms with Crippen molar-refractivity contribution >= 4 is 28.2 Å². The second-order valence-corrected chi connectivity index (χ2v) is 3.10. The molecule has 0 unspecified atom stereocenters. The number of aromatic nitrogens is 3. The first-order chi connectivity index (χ1) is 7.40. The quantitative estimate of drug-likeness (QED) is 0.556. The highest BCUT2D eigenvalue weighted by atomic mass is 16.6. The lowest BCUT2D eigenvalue weighted by molar-refractivity contribution is 0.112. The minimum atomic E-state index is 0.355. The Balaban J connectivity index is 2.64. The minimum Gasteiger partial charge on any atom is -0.296 e. The molecule has 0 fully saturated rings. The Labute approximate surface area is 83.7 Å². The van der Waals surface area contributed by atoms with Gasteiger partial charge in [0.05, 0.1) is 0 Å². The highest BCUT2D eigenvalue weighted by Gasteiger charge is 2.10. The average molecular weight is 199 g/mol. The number of carbonyl (C=O) groups excluding carboxylic acids is 1. The van der Waals surface area contributed by atoms with Gasteiger partial charge in [0.25, 0.3) is 0 Å². The molecular weight excluding hydrogens is 194 g/mol. The van der Waals surface area contributed by atoms with Gasteiger partial charge in [-0.2, -0.15) is 0 Å². The zero-order valence-electron chi connectivity index (χ0n) is 7.54. The van der Waals surface area contributed by atoms with Crippen molar-refractivity contribution in [3.63, 3.8) is 0 Å². The number of rotatable bonds is 1. The molecular formula is C10H5N3O2. The third-order valence-electron chi connectivity index (χ3n) is 2.27. The monoisotopic (exact) mass is 199 g/mol. The van der Waals surface area contributed by atoms with Crippen molar-refractivity contribution in [3.8, 4) is 0 Å². The molecule has 0 saturated heterocycles. The van der Waals surface area contributed by atoms with Crippen molar-refractivity contribution in [1.82, 2.24) is 15.3 Å². The molecule has 5 nitrogen and oxygen atoms in total.